The first-order chi connectivity index (χ1) is 10.1. The molecule has 9 heteroatoms. The standard InChI is InChI=1S/C13H17F3N4O2/c1-12(2,22)6-20(8-3-4-8)11(21)19-10-5-9(13(14,15)16)17-7-18-10/h5,7-8,22H,3-4,6H2,1-2H3,(H,17,18,19,21). The van der Waals surface area contributed by atoms with Crippen LogP contribution in [0.2, 0.25) is 0 Å². The van der Waals surface area contributed by atoms with Gasteiger partial charge in [-0.15, -0.1) is 0 Å². The summed E-state index contributed by atoms with van der Waals surface area (Å²) >= 11 is 0. The number of hydrogen-bond acceptors (Lipinski definition) is 4. The van der Waals surface area contributed by atoms with Gasteiger partial charge in [0.05, 0.1) is 12.1 Å². The highest BCUT2D eigenvalue weighted by Crippen LogP contribution is 2.30. The minimum absolute atomic E-state index is 0.00431. The Labute approximate surface area is 125 Å². The number of aromatic nitrogens is 2. The monoisotopic (exact) mass is 318 g/mol. The van der Waals surface area contributed by atoms with E-state index in [-0.39, 0.29) is 18.4 Å². The molecule has 1 fully saturated rings. The van der Waals surface area contributed by atoms with Gasteiger partial charge in [0, 0.05) is 12.1 Å². The maximum atomic E-state index is 12.6. The quantitative estimate of drug-likeness (QED) is 0.892. The Morgan fingerprint density at radius 3 is 2.55 bits per heavy atom. The third kappa shape index (κ3) is 4.55. The van der Waals surface area contributed by atoms with Crippen LogP contribution in [0.15, 0.2) is 12.4 Å². The molecule has 1 aliphatic carbocycles. The number of nitrogens with one attached hydrogen (secondary N) is 1. The summed E-state index contributed by atoms with van der Waals surface area (Å²) in [4.78, 5) is 20.4. The van der Waals surface area contributed by atoms with E-state index in [9.17, 15) is 23.1 Å². The van der Waals surface area contributed by atoms with Crippen molar-refractivity contribution in [2.45, 2.75) is 44.5 Å². The summed E-state index contributed by atoms with van der Waals surface area (Å²) in [5, 5.41) is 12.2. The minimum atomic E-state index is -4.61. The molecule has 122 valence electrons. The molecule has 0 saturated heterocycles. The van der Waals surface area contributed by atoms with E-state index in [4.69, 9.17) is 0 Å². The van der Waals surface area contributed by atoms with Crippen molar-refractivity contribution in [1.29, 1.82) is 0 Å². The average Bonchev–Trinajstić information content (AvgIpc) is 3.18. The number of rotatable bonds is 4. The number of carbonyl (C=O) groups excluding carboxylic acids is 1. The number of nitrogens with zero attached hydrogens (tertiary/aromatic N) is 3. The highest BCUT2D eigenvalue weighted by molar-refractivity contribution is 5.88. The van der Waals surface area contributed by atoms with E-state index < -0.39 is 23.5 Å². The van der Waals surface area contributed by atoms with Gasteiger partial charge < -0.3 is 10.0 Å². The van der Waals surface area contributed by atoms with Gasteiger partial charge in [-0.1, -0.05) is 0 Å². The maximum Gasteiger partial charge on any atom is 0.433 e. The van der Waals surface area contributed by atoms with Gasteiger partial charge in [-0.2, -0.15) is 13.2 Å². The topological polar surface area (TPSA) is 78.4 Å². The predicted molar refractivity (Wildman–Crippen MR) is 72.1 cm³/mol. The average molecular weight is 318 g/mol. The van der Waals surface area contributed by atoms with Crippen molar-refractivity contribution in [3.8, 4) is 0 Å². The van der Waals surface area contributed by atoms with Crippen molar-refractivity contribution in [1.82, 2.24) is 14.9 Å². The van der Waals surface area contributed by atoms with Crippen LogP contribution in [0, 0.1) is 0 Å². The molecule has 0 radical (unpaired) electrons. The molecule has 2 rings (SSSR count). The molecule has 0 spiro atoms. The summed E-state index contributed by atoms with van der Waals surface area (Å²) in [5.74, 6) is -0.228. The molecule has 6 nitrogen and oxygen atoms in total. The Kier molecular flexibility index (Phi) is 4.28. The highest BCUT2D eigenvalue weighted by atomic mass is 19.4. The van der Waals surface area contributed by atoms with Gasteiger partial charge in [-0.3, -0.25) is 5.32 Å². The molecule has 1 aromatic rings. The molecule has 0 aliphatic heterocycles. The highest BCUT2D eigenvalue weighted by Gasteiger charge is 2.36. The van der Waals surface area contributed by atoms with E-state index in [0.29, 0.717) is 6.07 Å². The van der Waals surface area contributed by atoms with Crippen molar-refractivity contribution >= 4 is 11.8 Å². The predicted octanol–water partition coefficient (Wildman–Crippen LogP) is 2.26. The number of carbonyl (C=O) groups is 1. The lowest BCUT2D eigenvalue weighted by Gasteiger charge is -2.29. The molecule has 1 aliphatic rings. The zero-order valence-corrected chi connectivity index (χ0v) is 12.2. The van der Waals surface area contributed by atoms with Crippen LogP contribution in [0.4, 0.5) is 23.8 Å². The van der Waals surface area contributed by atoms with Crippen LogP contribution < -0.4 is 5.32 Å². The third-order valence-electron chi connectivity index (χ3n) is 3.00. The van der Waals surface area contributed by atoms with E-state index in [1.807, 2.05) is 0 Å². The fraction of sp³-hybridized carbons (Fsp3) is 0.615. The third-order valence-corrected chi connectivity index (χ3v) is 3.00. The van der Waals surface area contributed by atoms with Crippen molar-refractivity contribution in [3.05, 3.63) is 18.1 Å². The summed E-state index contributed by atoms with van der Waals surface area (Å²) in [7, 11) is 0. The first-order valence-electron chi connectivity index (χ1n) is 6.75. The molecule has 1 aromatic heterocycles. The maximum absolute atomic E-state index is 12.6. The molecular weight excluding hydrogens is 301 g/mol. The number of alkyl halides is 3. The lowest BCUT2D eigenvalue weighted by atomic mass is 10.1. The van der Waals surface area contributed by atoms with E-state index in [1.54, 1.807) is 13.8 Å². The fourth-order valence-corrected chi connectivity index (χ4v) is 1.93. The number of aliphatic hydroxyl groups is 1. The SMILES string of the molecule is CC(C)(O)CN(C(=O)Nc1cc(C(F)(F)F)ncn1)C1CC1. The number of anilines is 1. The summed E-state index contributed by atoms with van der Waals surface area (Å²) < 4.78 is 37.7. The molecule has 22 heavy (non-hydrogen) atoms. The van der Waals surface area contributed by atoms with E-state index in [2.05, 4.69) is 15.3 Å². The van der Waals surface area contributed by atoms with Gasteiger partial charge in [-0.05, 0) is 26.7 Å². The van der Waals surface area contributed by atoms with Crippen LogP contribution in [0.25, 0.3) is 0 Å². The van der Waals surface area contributed by atoms with Gasteiger partial charge in [-0.25, -0.2) is 14.8 Å². The van der Waals surface area contributed by atoms with Crippen molar-refractivity contribution < 1.29 is 23.1 Å². The van der Waals surface area contributed by atoms with Gasteiger partial charge >= 0.3 is 12.2 Å². The number of urea groups is 1. The van der Waals surface area contributed by atoms with E-state index in [1.165, 1.54) is 4.90 Å². The first-order valence-corrected chi connectivity index (χ1v) is 6.75. The van der Waals surface area contributed by atoms with Crippen molar-refractivity contribution in [3.63, 3.8) is 0 Å². The van der Waals surface area contributed by atoms with Crippen LogP contribution in [-0.2, 0) is 6.18 Å². The Morgan fingerprint density at radius 1 is 1.41 bits per heavy atom. The molecule has 1 heterocycles. The number of amides is 2. The zero-order chi connectivity index (χ0) is 16.5. The smallest absolute Gasteiger partial charge is 0.389 e. The molecule has 2 amide bonds. The Balaban J connectivity index is 2.10. The number of halogens is 3. The van der Waals surface area contributed by atoms with Gasteiger partial charge in [0.25, 0.3) is 0 Å². The summed E-state index contributed by atoms with van der Waals surface area (Å²) in [5.41, 5.74) is -2.22. The van der Waals surface area contributed by atoms with Crippen molar-refractivity contribution in [2.24, 2.45) is 0 Å². The molecule has 0 atom stereocenters. The lowest BCUT2D eigenvalue weighted by Crippen LogP contribution is -2.45. The zero-order valence-electron chi connectivity index (χ0n) is 12.2. The summed E-state index contributed by atoms with van der Waals surface area (Å²) in [6.07, 6.45) is -2.25. The van der Waals surface area contributed by atoms with Crippen molar-refractivity contribution in [2.75, 3.05) is 11.9 Å². The molecule has 2 N–H and O–H groups in total. The molecule has 0 aromatic carbocycles. The Bertz CT molecular complexity index is 553. The second-order valence-corrected chi connectivity index (χ2v) is 5.89. The lowest BCUT2D eigenvalue weighted by molar-refractivity contribution is -0.141. The van der Waals surface area contributed by atoms with Crippen LogP contribution in [0.1, 0.15) is 32.4 Å². The first kappa shape index (κ1) is 16.5. The fourth-order valence-electron chi connectivity index (χ4n) is 1.93. The number of hydrogen-bond donors (Lipinski definition) is 2. The second-order valence-electron chi connectivity index (χ2n) is 5.89. The minimum Gasteiger partial charge on any atom is -0.389 e. The molecule has 1 saturated carbocycles. The molecular formula is C13H17F3N4O2. The normalized spacial score (nSPS) is 15.5. The van der Waals surface area contributed by atoms with Gasteiger partial charge in [0.15, 0.2) is 0 Å². The van der Waals surface area contributed by atoms with Gasteiger partial charge in [0.1, 0.15) is 17.8 Å². The van der Waals surface area contributed by atoms with E-state index >= 15 is 0 Å². The Hall–Kier alpha value is -1.90. The summed E-state index contributed by atoms with van der Waals surface area (Å²) in [6, 6.07) is 0.0827. The largest absolute Gasteiger partial charge is 0.433 e. The van der Waals surface area contributed by atoms with Crippen LogP contribution >= 0.6 is 0 Å². The molecule has 0 unspecified atom stereocenters. The van der Waals surface area contributed by atoms with Crippen LogP contribution in [-0.4, -0.2) is 44.2 Å². The summed E-state index contributed by atoms with van der Waals surface area (Å²) in [6.45, 7) is 3.20. The van der Waals surface area contributed by atoms with Crippen LogP contribution in [0.3, 0.4) is 0 Å². The van der Waals surface area contributed by atoms with E-state index in [0.717, 1.165) is 19.2 Å². The van der Waals surface area contributed by atoms with Crippen LogP contribution in [0.5, 0.6) is 0 Å². The second kappa shape index (κ2) is 5.71. The molecule has 0 bridgehead atoms. The Morgan fingerprint density at radius 2 is 2.05 bits per heavy atom. The van der Waals surface area contributed by atoms with Gasteiger partial charge in [0.2, 0.25) is 0 Å².